The Kier molecular flexibility index (Phi) is 4.50. The molecule has 106 valence electrons. The number of aliphatic carboxylic acids is 1. The molecule has 2 rings (SSSR count). The second-order valence-corrected chi connectivity index (χ2v) is 5.50. The van der Waals surface area contributed by atoms with Crippen LogP contribution in [-0.4, -0.2) is 31.3 Å². The number of carboxylic acids is 1. The summed E-state index contributed by atoms with van der Waals surface area (Å²) < 4.78 is 1.70. The summed E-state index contributed by atoms with van der Waals surface area (Å²) in [6.07, 6.45) is 7.62. The second-order valence-electron chi connectivity index (χ2n) is 5.50. The summed E-state index contributed by atoms with van der Waals surface area (Å²) in [6.45, 7) is 2.57. The molecule has 0 radical (unpaired) electrons. The molecule has 19 heavy (non-hydrogen) atoms. The Morgan fingerprint density at radius 2 is 2.11 bits per heavy atom. The van der Waals surface area contributed by atoms with Crippen LogP contribution in [0, 0.1) is 5.41 Å². The highest BCUT2D eigenvalue weighted by Gasteiger charge is 2.42. The third kappa shape index (κ3) is 3.11. The number of tetrazole rings is 1. The van der Waals surface area contributed by atoms with Gasteiger partial charge in [-0.1, -0.05) is 32.6 Å². The molecule has 0 unspecified atom stereocenters. The van der Waals surface area contributed by atoms with Crippen molar-refractivity contribution in [2.45, 2.75) is 64.8 Å². The first-order valence-corrected chi connectivity index (χ1v) is 7.16. The van der Waals surface area contributed by atoms with Crippen LogP contribution in [0.4, 0.5) is 0 Å². The Morgan fingerprint density at radius 1 is 1.37 bits per heavy atom. The highest BCUT2D eigenvalue weighted by atomic mass is 16.4. The Balaban J connectivity index is 2.05. The van der Waals surface area contributed by atoms with Crippen LogP contribution in [0.25, 0.3) is 0 Å². The van der Waals surface area contributed by atoms with E-state index < -0.39 is 11.4 Å². The zero-order valence-electron chi connectivity index (χ0n) is 11.5. The average Bonchev–Trinajstić information content (AvgIpc) is 3.01. The van der Waals surface area contributed by atoms with Gasteiger partial charge in [0.25, 0.3) is 0 Å². The highest BCUT2D eigenvalue weighted by Crippen LogP contribution is 2.39. The van der Waals surface area contributed by atoms with Crippen molar-refractivity contribution >= 4 is 5.97 Å². The Hall–Kier alpha value is -1.46. The number of aromatic nitrogens is 4. The molecule has 1 aromatic heterocycles. The van der Waals surface area contributed by atoms with Gasteiger partial charge in [-0.25, -0.2) is 4.68 Å². The lowest BCUT2D eigenvalue weighted by Crippen LogP contribution is -2.33. The van der Waals surface area contributed by atoms with Gasteiger partial charge >= 0.3 is 5.97 Å². The van der Waals surface area contributed by atoms with E-state index in [0.717, 1.165) is 57.2 Å². The Bertz CT molecular complexity index is 424. The number of hydrogen-bond donors (Lipinski definition) is 1. The van der Waals surface area contributed by atoms with Crippen LogP contribution in [-0.2, 0) is 17.8 Å². The lowest BCUT2D eigenvalue weighted by atomic mass is 9.86. The molecule has 0 amide bonds. The summed E-state index contributed by atoms with van der Waals surface area (Å²) in [5.74, 6) is 0.112. The third-order valence-electron chi connectivity index (χ3n) is 4.08. The molecule has 0 atom stereocenters. The number of unbranched alkanes of at least 4 members (excludes halogenated alkanes) is 2. The molecule has 1 aliphatic rings. The topological polar surface area (TPSA) is 80.9 Å². The number of aryl methyl sites for hydroxylation is 1. The van der Waals surface area contributed by atoms with Gasteiger partial charge in [0.2, 0.25) is 0 Å². The molecule has 1 aromatic rings. The molecular weight excluding hydrogens is 244 g/mol. The monoisotopic (exact) mass is 266 g/mol. The third-order valence-corrected chi connectivity index (χ3v) is 4.08. The van der Waals surface area contributed by atoms with Gasteiger partial charge in [-0.2, -0.15) is 0 Å². The molecule has 1 heterocycles. The molecule has 1 N–H and O–H groups in total. The van der Waals surface area contributed by atoms with Crippen molar-refractivity contribution in [3.8, 4) is 0 Å². The van der Waals surface area contributed by atoms with Gasteiger partial charge < -0.3 is 5.11 Å². The zero-order chi connectivity index (χ0) is 13.7. The van der Waals surface area contributed by atoms with E-state index in [1.54, 1.807) is 4.68 Å². The van der Waals surface area contributed by atoms with Crippen LogP contribution < -0.4 is 0 Å². The lowest BCUT2D eigenvalue weighted by Gasteiger charge is -2.23. The van der Waals surface area contributed by atoms with Crippen LogP contribution in [0.15, 0.2) is 0 Å². The van der Waals surface area contributed by atoms with Gasteiger partial charge in [-0.05, 0) is 29.7 Å². The molecule has 0 aromatic carbocycles. The van der Waals surface area contributed by atoms with Crippen molar-refractivity contribution in [3.05, 3.63) is 5.82 Å². The average molecular weight is 266 g/mol. The molecule has 1 saturated carbocycles. The molecule has 6 heteroatoms. The van der Waals surface area contributed by atoms with E-state index in [9.17, 15) is 9.90 Å². The molecular formula is C13H22N4O2. The van der Waals surface area contributed by atoms with Crippen LogP contribution in [0.1, 0.15) is 57.7 Å². The fourth-order valence-electron chi connectivity index (χ4n) is 2.84. The standard InChI is InChI=1S/C13H22N4O2/c1-2-3-4-7-11-14-15-16-17(11)10-13(12(18)19)8-5-6-9-13/h2-10H2,1H3,(H,18,19). The van der Waals surface area contributed by atoms with E-state index in [0.29, 0.717) is 6.54 Å². The quantitative estimate of drug-likeness (QED) is 0.764. The number of nitrogens with zero attached hydrogens (tertiary/aromatic N) is 4. The minimum atomic E-state index is -0.708. The first-order chi connectivity index (χ1) is 9.18. The number of hydrogen-bond acceptors (Lipinski definition) is 4. The van der Waals surface area contributed by atoms with Gasteiger partial charge in [0, 0.05) is 6.42 Å². The predicted molar refractivity (Wildman–Crippen MR) is 69.6 cm³/mol. The number of carbonyl (C=O) groups is 1. The minimum absolute atomic E-state index is 0.413. The lowest BCUT2D eigenvalue weighted by molar-refractivity contribution is -0.149. The molecule has 6 nitrogen and oxygen atoms in total. The van der Waals surface area contributed by atoms with E-state index in [1.165, 1.54) is 0 Å². The summed E-state index contributed by atoms with van der Waals surface area (Å²) in [6, 6.07) is 0. The molecule has 0 spiro atoms. The fourth-order valence-corrected chi connectivity index (χ4v) is 2.84. The fraction of sp³-hybridized carbons (Fsp3) is 0.846. The predicted octanol–water partition coefficient (Wildman–Crippen LogP) is 2.05. The van der Waals surface area contributed by atoms with Crippen molar-refractivity contribution in [1.29, 1.82) is 0 Å². The summed E-state index contributed by atoms with van der Waals surface area (Å²) in [4.78, 5) is 11.5. The molecule has 0 saturated heterocycles. The largest absolute Gasteiger partial charge is 0.481 e. The normalized spacial score (nSPS) is 17.7. The van der Waals surface area contributed by atoms with Crippen LogP contribution in [0.5, 0.6) is 0 Å². The first kappa shape index (κ1) is 14.0. The van der Waals surface area contributed by atoms with Crippen LogP contribution in [0.3, 0.4) is 0 Å². The van der Waals surface area contributed by atoms with E-state index in [-0.39, 0.29) is 0 Å². The van der Waals surface area contributed by atoms with E-state index in [2.05, 4.69) is 22.4 Å². The van der Waals surface area contributed by atoms with Gasteiger partial charge in [-0.3, -0.25) is 4.79 Å². The maximum Gasteiger partial charge on any atom is 0.311 e. The first-order valence-electron chi connectivity index (χ1n) is 7.16. The summed E-state index contributed by atoms with van der Waals surface area (Å²) in [5, 5.41) is 21.2. The van der Waals surface area contributed by atoms with Crippen molar-refractivity contribution in [2.75, 3.05) is 0 Å². The Labute approximate surface area is 113 Å². The van der Waals surface area contributed by atoms with Crippen molar-refractivity contribution in [2.24, 2.45) is 5.41 Å². The SMILES string of the molecule is CCCCCc1nnnn1CC1(C(=O)O)CCCC1. The highest BCUT2D eigenvalue weighted by molar-refractivity contribution is 5.74. The van der Waals surface area contributed by atoms with Crippen molar-refractivity contribution < 1.29 is 9.90 Å². The number of rotatable bonds is 7. The van der Waals surface area contributed by atoms with E-state index >= 15 is 0 Å². The van der Waals surface area contributed by atoms with E-state index in [1.807, 2.05) is 0 Å². The van der Waals surface area contributed by atoms with Crippen LogP contribution in [0.2, 0.25) is 0 Å². The Morgan fingerprint density at radius 3 is 2.74 bits per heavy atom. The number of carboxylic acid groups (broad SMARTS) is 1. The maximum absolute atomic E-state index is 11.5. The zero-order valence-corrected chi connectivity index (χ0v) is 11.5. The summed E-state index contributed by atoms with van der Waals surface area (Å²) in [5.41, 5.74) is -0.658. The molecule has 1 fully saturated rings. The minimum Gasteiger partial charge on any atom is -0.481 e. The van der Waals surface area contributed by atoms with Gasteiger partial charge in [-0.15, -0.1) is 5.10 Å². The van der Waals surface area contributed by atoms with Crippen molar-refractivity contribution in [3.63, 3.8) is 0 Å². The maximum atomic E-state index is 11.5. The second kappa shape index (κ2) is 6.12. The smallest absolute Gasteiger partial charge is 0.311 e. The molecule has 0 aliphatic heterocycles. The van der Waals surface area contributed by atoms with Crippen LogP contribution >= 0.6 is 0 Å². The van der Waals surface area contributed by atoms with Gasteiger partial charge in [0.05, 0.1) is 12.0 Å². The summed E-state index contributed by atoms with van der Waals surface area (Å²) >= 11 is 0. The van der Waals surface area contributed by atoms with E-state index in [4.69, 9.17) is 0 Å². The molecule has 1 aliphatic carbocycles. The molecule has 0 bridgehead atoms. The summed E-state index contributed by atoms with van der Waals surface area (Å²) in [7, 11) is 0. The van der Waals surface area contributed by atoms with Crippen molar-refractivity contribution in [1.82, 2.24) is 20.2 Å². The van der Waals surface area contributed by atoms with Gasteiger partial charge in [0.1, 0.15) is 0 Å². The van der Waals surface area contributed by atoms with Gasteiger partial charge in [0.15, 0.2) is 5.82 Å².